The van der Waals surface area contributed by atoms with E-state index in [4.69, 9.17) is 11.6 Å². The maximum absolute atomic E-state index is 12.1. The summed E-state index contributed by atoms with van der Waals surface area (Å²) in [6, 6.07) is 11.7. The van der Waals surface area contributed by atoms with Gasteiger partial charge in [0.1, 0.15) is 5.69 Å². The molecule has 1 aliphatic rings. The normalized spacial score (nSPS) is 16.8. The second kappa shape index (κ2) is 4.54. The number of ketones is 1. The highest BCUT2D eigenvalue weighted by molar-refractivity contribution is 6.30. The van der Waals surface area contributed by atoms with Crippen LogP contribution in [0.2, 0.25) is 5.02 Å². The van der Waals surface area contributed by atoms with Gasteiger partial charge in [-0.1, -0.05) is 35.9 Å². The summed E-state index contributed by atoms with van der Waals surface area (Å²) >= 11 is 5.75. The van der Waals surface area contributed by atoms with Crippen molar-refractivity contribution >= 4 is 17.4 Å². The fourth-order valence-corrected chi connectivity index (χ4v) is 2.53. The van der Waals surface area contributed by atoms with Crippen LogP contribution in [0.25, 0.3) is 0 Å². The van der Waals surface area contributed by atoms with Crippen molar-refractivity contribution in [1.29, 1.82) is 0 Å². The zero-order chi connectivity index (χ0) is 12.5. The summed E-state index contributed by atoms with van der Waals surface area (Å²) in [6.07, 6.45) is 3.05. The van der Waals surface area contributed by atoms with Crippen molar-refractivity contribution in [2.45, 2.75) is 18.8 Å². The van der Waals surface area contributed by atoms with Crippen LogP contribution in [0, 0.1) is 0 Å². The Kier molecular flexibility index (Phi) is 2.88. The smallest absolute Gasteiger partial charge is 0.181 e. The predicted octanol–water partition coefficient (Wildman–Crippen LogP) is 3.65. The van der Waals surface area contributed by atoms with Crippen molar-refractivity contribution in [3.63, 3.8) is 0 Å². The second-order valence-corrected chi connectivity index (χ2v) is 5.03. The lowest BCUT2D eigenvalue weighted by Gasteiger charge is -2.29. The van der Waals surface area contributed by atoms with E-state index in [1.54, 1.807) is 12.1 Å². The topological polar surface area (TPSA) is 30.0 Å². The minimum absolute atomic E-state index is 0.0890. The van der Waals surface area contributed by atoms with E-state index in [2.05, 4.69) is 17.1 Å². The molecule has 0 spiro atoms. The average molecular weight is 258 g/mol. The Bertz CT molecular complexity index is 592. The van der Waals surface area contributed by atoms with Gasteiger partial charge in [0.25, 0.3) is 0 Å². The van der Waals surface area contributed by atoms with Gasteiger partial charge in [0.2, 0.25) is 0 Å². The SMILES string of the molecule is O=C(CC1Cc2ccccc21)c1ccc(Cl)cn1. The van der Waals surface area contributed by atoms with Gasteiger partial charge < -0.3 is 0 Å². The van der Waals surface area contributed by atoms with E-state index in [1.807, 2.05) is 12.1 Å². The molecule has 1 aromatic heterocycles. The van der Waals surface area contributed by atoms with Crippen LogP contribution in [-0.2, 0) is 6.42 Å². The molecule has 2 nitrogen and oxygen atoms in total. The van der Waals surface area contributed by atoms with Gasteiger partial charge in [-0.05, 0) is 35.6 Å². The van der Waals surface area contributed by atoms with Gasteiger partial charge in [-0.3, -0.25) is 9.78 Å². The number of carbonyl (C=O) groups excluding carboxylic acids is 1. The number of aromatic nitrogens is 1. The molecule has 1 heterocycles. The van der Waals surface area contributed by atoms with Crippen LogP contribution < -0.4 is 0 Å². The number of carbonyl (C=O) groups is 1. The molecule has 3 heteroatoms. The highest BCUT2D eigenvalue weighted by atomic mass is 35.5. The van der Waals surface area contributed by atoms with Gasteiger partial charge in [0.15, 0.2) is 5.78 Å². The van der Waals surface area contributed by atoms with Gasteiger partial charge >= 0.3 is 0 Å². The van der Waals surface area contributed by atoms with Crippen molar-refractivity contribution in [3.8, 4) is 0 Å². The second-order valence-electron chi connectivity index (χ2n) is 4.59. The Hall–Kier alpha value is -1.67. The van der Waals surface area contributed by atoms with E-state index in [1.165, 1.54) is 17.3 Å². The molecule has 0 radical (unpaired) electrons. The molecule has 0 fully saturated rings. The van der Waals surface area contributed by atoms with Crippen LogP contribution in [0.1, 0.15) is 34.0 Å². The third-order valence-electron chi connectivity index (χ3n) is 3.41. The first kappa shape index (κ1) is 11.4. The van der Waals surface area contributed by atoms with Crippen LogP contribution in [0.3, 0.4) is 0 Å². The molecule has 0 saturated carbocycles. The van der Waals surface area contributed by atoms with Crippen LogP contribution in [0.15, 0.2) is 42.6 Å². The zero-order valence-corrected chi connectivity index (χ0v) is 10.5. The third kappa shape index (κ3) is 2.04. The number of Topliss-reactive ketones (excluding diaryl/α,β-unsaturated/α-hetero) is 1. The van der Waals surface area contributed by atoms with Gasteiger partial charge in [-0.2, -0.15) is 0 Å². The highest BCUT2D eigenvalue weighted by Crippen LogP contribution is 2.37. The van der Waals surface area contributed by atoms with E-state index < -0.39 is 0 Å². The molecule has 0 aliphatic heterocycles. The van der Waals surface area contributed by atoms with E-state index >= 15 is 0 Å². The number of fused-ring (bicyclic) bond motifs is 1. The van der Waals surface area contributed by atoms with Crippen molar-refractivity contribution in [3.05, 3.63) is 64.4 Å². The Balaban J connectivity index is 1.72. The van der Waals surface area contributed by atoms with E-state index in [0.717, 1.165) is 6.42 Å². The molecule has 0 bridgehead atoms. The van der Waals surface area contributed by atoms with Crippen molar-refractivity contribution in [2.75, 3.05) is 0 Å². The monoisotopic (exact) mass is 257 g/mol. The Morgan fingerprint density at radius 1 is 1.28 bits per heavy atom. The summed E-state index contributed by atoms with van der Waals surface area (Å²) in [4.78, 5) is 16.1. The Morgan fingerprint density at radius 3 is 2.83 bits per heavy atom. The molecule has 0 saturated heterocycles. The molecule has 0 N–H and O–H groups in total. The number of benzene rings is 1. The largest absolute Gasteiger partial charge is 0.292 e. The molecule has 3 rings (SSSR count). The maximum atomic E-state index is 12.1. The molecular formula is C15H12ClNO. The number of pyridine rings is 1. The van der Waals surface area contributed by atoms with E-state index in [-0.39, 0.29) is 5.78 Å². The molecule has 1 unspecified atom stereocenters. The van der Waals surface area contributed by atoms with E-state index in [9.17, 15) is 4.79 Å². The fraction of sp³-hybridized carbons (Fsp3) is 0.200. The molecule has 1 aromatic carbocycles. The van der Waals surface area contributed by atoms with Crippen LogP contribution in [0.5, 0.6) is 0 Å². The lowest BCUT2D eigenvalue weighted by molar-refractivity contribution is 0.0965. The summed E-state index contributed by atoms with van der Waals surface area (Å²) in [6.45, 7) is 0. The quantitative estimate of drug-likeness (QED) is 0.786. The molecule has 1 atom stereocenters. The standard InChI is InChI=1S/C15H12ClNO/c16-12-5-6-14(17-9-12)15(18)8-11-7-10-3-1-2-4-13(10)11/h1-6,9,11H,7-8H2. The summed E-state index contributed by atoms with van der Waals surface area (Å²) in [5.74, 6) is 0.442. The maximum Gasteiger partial charge on any atom is 0.181 e. The van der Waals surface area contributed by atoms with Gasteiger partial charge in [-0.15, -0.1) is 0 Å². The van der Waals surface area contributed by atoms with Gasteiger partial charge in [0, 0.05) is 12.6 Å². The summed E-state index contributed by atoms with van der Waals surface area (Å²) in [5.41, 5.74) is 3.17. The molecule has 1 aliphatic carbocycles. The molecule has 90 valence electrons. The van der Waals surface area contributed by atoms with Gasteiger partial charge in [0.05, 0.1) is 5.02 Å². The number of nitrogens with zero attached hydrogens (tertiary/aromatic N) is 1. The van der Waals surface area contributed by atoms with Crippen molar-refractivity contribution < 1.29 is 4.79 Å². The lowest BCUT2D eigenvalue weighted by Crippen LogP contribution is -2.20. The Labute approximate surface area is 111 Å². The molecule has 18 heavy (non-hydrogen) atoms. The minimum atomic E-state index is 0.0890. The van der Waals surface area contributed by atoms with Gasteiger partial charge in [-0.25, -0.2) is 0 Å². The van der Waals surface area contributed by atoms with E-state index in [0.29, 0.717) is 23.1 Å². The third-order valence-corrected chi connectivity index (χ3v) is 3.63. The molecule has 2 aromatic rings. The minimum Gasteiger partial charge on any atom is -0.292 e. The molecule has 0 amide bonds. The first-order chi connectivity index (χ1) is 8.74. The van der Waals surface area contributed by atoms with Crippen molar-refractivity contribution in [2.24, 2.45) is 0 Å². The van der Waals surface area contributed by atoms with Crippen LogP contribution >= 0.6 is 11.6 Å². The fourth-order valence-electron chi connectivity index (χ4n) is 2.41. The summed E-state index contributed by atoms with van der Waals surface area (Å²) in [7, 11) is 0. The lowest BCUT2D eigenvalue weighted by atomic mass is 9.75. The summed E-state index contributed by atoms with van der Waals surface area (Å²) < 4.78 is 0. The van der Waals surface area contributed by atoms with Crippen LogP contribution in [0.4, 0.5) is 0 Å². The predicted molar refractivity (Wildman–Crippen MR) is 71.1 cm³/mol. The van der Waals surface area contributed by atoms with Crippen molar-refractivity contribution in [1.82, 2.24) is 4.98 Å². The number of hydrogen-bond acceptors (Lipinski definition) is 2. The average Bonchev–Trinajstić information content (AvgIpc) is 2.36. The number of hydrogen-bond donors (Lipinski definition) is 0. The van der Waals surface area contributed by atoms with Crippen LogP contribution in [-0.4, -0.2) is 10.8 Å². The number of halogens is 1. The Morgan fingerprint density at radius 2 is 2.11 bits per heavy atom. The first-order valence-electron chi connectivity index (χ1n) is 5.96. The molecular weight excluding hydrogens is 246 g/mol. The highest BCUT2D eigenvalue weighted by Gasteiger charge is 2.27. The zero-order valence-electron chi connectivity index (χ0n) is 9.77. The number of rotatable bonds is 3. The summed E-state index contributed by atoms with van der Waals surface area (Å²) in [5, 5.41) is 0.556. The first-order valence-corrected chi connectivity index (χ1v) is 6.34.